The Morgan fingerprint density at radius 3 is 2.25 bits per heavy atom. The normalized spacial score (nSPS) is 23.4. The third kappa shape index (κ3) is 6.04. The van der Waals surface area contributed by atoms with Crippen LogP contribution < -0.4 is 0 Å². The fourth-order valence-electron chi connectivity index (χ4n) is 6.59. The van der Waals surface area contributed by atoms with Gasteiger partial charge in [-0.2, -0.15) is 0 Å². The first kappa shape index (κ1) is 25.9. The van der Waals surface area contributed by atoms with E-state index in [4.69, 9.17) is 4.99 Å². The van der Waals surface area contributed by atoms with Gasteiger partial charge in [0, 0.05) is 43.3 Å². The van der Waals surface area contributed by atoms with Crippen LogP contribution in [0.15, 0.2) is 47.1 Å². The fourth-order valence-corrected chi connectivity index (χ4v) is 6.97. The van der Waals surface area contributed by atoms with Crippen LogP contribution >= 0.6 is 8.86 Å². The van der Waals surface area contributed by atoms with Gasteiger partial charge in [0.15, 0.2) is 0 Å². The highest BCUT2D eigenvalue weighted by Gasteiger charge is 2.28. The van der Waals surface area contributed by atoms with E-state index in [1.54, 1.807) is 0 Å². The van der Waals surface area contributed by atoms with Crippen molar-refractivity contribution in [2.75, 3.05) is 39.3 Å². The van der Waals surface area contributed by atoms with Gasteiger partial charge in [0.1, 0.15) is 5.84 Å². The van der Waals surface area contributed by atoms with Crippen LogP contribution in [-0.2, 0) is 0 Å². The molecule has 1 aromatic rings. The Labute approximate surface area is 221 Å². The molecule has 0 saturated carbocycles. The van der Waals surface area contributed by atoms with Gasteiger partial charge < -0.3 is 9.80 Å². The van der Waals surface area contributed by atoms with Crippen molar-refractivity contribution in [3.8, 4) is 0 Å². The largest absolute Gasteiger partial charge is 0.360 e. The van der Waals surface area contributed by atoms with Gasteiger partial charge in [-0.05, 0) is 119 Å². The summed E-state index contributed by atoms with van der Waals surface area (Å²) < 4.78 is 0. The molecule has 0 radical (unpaired) electrons. The van der Waals surface area contributed by atoms with Crippen LogP contribution in [0.5, 0.6) is 0 Å². The van der Waals surface area contributed by atoms with Crippen LogP contribution in [-0.4, -0.2) is 71.3 Å². The molecular weight excluding hydrogens is 459 g/mol. The minimum Gasteiger partial charge on any atom is -0.360 e. The number of aliphatic imine (C=N–C) groups is 1. The second-order valence-electron chi connectivity index (χ2n) is 11.2. The number of nitrogens with zero attached hydrogens (tertiary/aromatic N) is 4. The molecule has 0 amide bonds. The summed E-state index contributed by atoms with van der Waals surface area (Å²) >= 11 is 0. The lowest BCUT2D eigenvalue weighted by Gasteiger charge is -2.37. The predicted molar refractivity (Wildman–Crippen MR) is 157 cm³/mol. The van der Waals surface area contributed by atoms with Crippen LogP contribution in [0.4, 0.5) is 0 Å². The number of allylic oxidation sites excluding steroid dienone is 3. The second kappa shape index (κ2) is 12.2. The van der Waals surface area contributed by atoms with Crippen molar-refractivity contribution >= 4 is 25.7 Å². The Morgan fingerprint density at radius 2 is 1.50 bits per heavy atom. The topological polar surface area (TPSA) is 22.1 Å². The molecule has 1 aromatic carbocycles. The van der Waals surface area contributed by atoms with Crippen molar-refractivity contribution in [2.24, 2.45) is 4.99 Å². The van der Waals surface area contributed by atoms with Gasteiger partial charge in [0.25, 0.3) is 0 Å². The highest BCUT2D eigenvalue weighted by molar-refractivity contribution is 7.21. The SMILES string of the molecule is C=C(C1=C(N=C(C)N2CCCCC2)CCCC1)c1cccc(C(=P)N2CCC(N3CCCC3)CC2)c1. The molecule has 36 heavy (non-hydrogen) atoms. The van der Waals surface area contributed by atoms with E-state index in [0.717, 1.165) is 50.6 Å². The molecule has 1 aliphatic carbocycles. The molecule has 3 aliphatic heterocycles. The molecule has 5 heteroatoms. The highest BCUT2D eigenvalue weighted by atomic mass is 31.0. The average molecular weight is 505 g/mol. The zero-order valence-corrected chi connectivity index (χ0v) is 23.4. The third-order valence-corrected chi connectivity index (χ3v) is 9.44. The Balaban J connectivity index is 1.29. The van der Waals surface area contributed by atoms with Crippen LogP contribution in [0.1, 0.15) is 88.7 Å². The minimum absolute atomic E-state index is 0.778. The van der Waals surface area contributed by atoms with E-state index in [2.05, 4.69) is 61.3 Å². The highest BCUT2D eigenvalue weighted by Crippen LogP contribution is 2.35. The maximum Gasteiger partial charge on any atom is 0.101 e. The second-order valence-corrected chi connectivity index (χ2v) is 11.7. The number of hydrogen-bond donors (Lipinski definition) is 0. The lowest BCUT2D eigenvalue weighted by atomic mass is 9.88. The van der Waals surface area contributed by atoms with Gasteiger partial charge in [0.2, 0.25) is 0 Å². The summed E-state index contributed by atoms with van der Waals surface area (Å²) in [5.41, 5.74) is 7.52. The van der Waals surface area contributed by atoms with Crippen molar-refractivity contribution in [1.82, 2.24) is 14.7 Å². The van der Waals surface area contributed by atoms with Gasteiger partial charge in [0.05, 0.1) is 0 Å². The molecule has 3 heterocycles. The smallest absolute Gasteiger partial charge is 0.101 e. The molecular formula is C31H45N4P. The van der Waals surface area contributed by atoms with Crippen molar-refractivity contribution in [3.05, 3.63) is 53.2 Å². The average Bonchev–Trinajstić information content (AvgIpc) is 3.48. The lowest BCUT2D eigenvalue weighted by Crippen LogP contribution is -2.45. The van der Waals surface area contributed by atoms with Crippen LogP contribution in [0.25, 0.3) is 5.57 Å². The maximum absolute atomic E-state index is 5.19. The van der Waals surface area contributed by atoms with E-state index in [9.17, 15) is 0 Å². The molecule has 4 nitrogen and oxygen atoms in total. The van der Waals surface area contributed by atoms with Crippen molar-refractivity contribution < 1.29 is 0 Å². The zero-order chi connectivity index (χ0) is 24.9. The third-order valence-electron chi connectivity index (χ3n) is 8.84. The molecule has 5 rings (SSSR count). The van der Waals surface area contributed by atoms with Crippen LogP contribution in [0, 0.1) is 0 Å². The van der Waals surface area contributed by atoms with E-state index in [1.807, 2.05) is 0 Å². The molecule has 0 spiro atoms. The predicted octanol–water partition coefficient (Wildman–Crippen LogP) is 6.61. The summed E-state index contributed by atoms with van der Waals surface area (Å²) in [6.07, 6.45) is 13.9. The molecule has 4 aliphatic rings. The van der Waals surface area contributed by atoms with E-state index in [1.165, 1.54) is 105 Å². The van der Waals surface area contributed by atoms with Crippen LogP contribution in [0.3, 0.4) is 0 Å². The first-order valence-corrected chi connectivity index (χ1v) is 15.0. The van der Waals surface area contributed by atoms with Gasteiger partial charge in [-0.15, -0.1) is 8.86 Å². The fraction of sp³-hybridized carbons (Fsp3) is 0.613. The number of piperidine rings is 2. The molecule has 3 fully saturated rings. The Bertz CT molecular complexity index is 1010. The Hall–Kier alpha value is -1.74. The van der Waals surface area contributed by atoms with E-state index in [-0.39, 0.29) is 0 Å². The van der Waals surface area contributed by atoms with Gasteiger partial charge in [-0.3, -0.25) is 4.90 Å². The Kier molecular flexibility index (Phi) is 8.78. The Morgan fingerprint density at radius 1 is 0.833 bits per heavy atom. The van der Waals surface area contributed by atoms with Crippen molar-refractivity contribution in [2.45, 2.75) is 83.6 Å². The summed E-state index contributed by atoms with van der Waals surface area (Å²) in [6, 6.07) is 9.77. The monoisotopic (exact) mass is 504 g/mol. The number of likely N-dealkylation sites (tertiary alicyclic amines) is 3. The van der Waals surface area contributed by atoms with Crippen molar-refractivity contribution in [3.63, 3.8) is 0 Å². The van der Waals surface area contributed by atoms with E-state index in [0.29, 0.717) is 0 Å². The summed E-state index contributed by atoms with van der Waals surface area (Å²) in [4.78, 5) is 12.9. The van der Waals surface area contributed by atoms with Crippen molar-refractivity contribution in [1.29, 1.82) is 0 Å². The minimum atomic E-state index is 0.778. The molecule has 0 atom stereocenters. The zero-order valence-electron chi connectivity index (χ0n) is 22.4. The molecule has 0 unspecified atom stereocenters. The first-order valence-electron chi connectivity index (χ1n) is 14.5. The summed E-state index contributed by atoms with van der Waals surface area (Å²) in [5.74, 6) is 1.19. The number of benzene rings is 1. The summed E-state index contributed by atoms with van der Waals surface area (Å²) in [6.45, 7) is 14.0. The van der Waals surface area contributed by atoms with Crippen LogP contribution in [0.2, 0.25) is 0 Å². The molecule has 0 bridgehead atoms. The molecule has 194 valence electrons. The number of amidine groups is 1. The van der Waals surface area contributed by atoms with Gasteiger partial charge >= 0.3 is 0 Å². The first-order chi connectivity index (χ1) is 17.6. The number of hydrogen-bond acceptors (Lipinski definition) is 2. The van der Waals surface area contributed by atoms with E-state index >= 15 is 0 Å². The maximum atomic E-state index is 5.19. The summed E-state index contributed by atoms with van der Waals surface area (Å²) in [5, 5.41) is 0. The van der Waals surface area contributed by atoms with Gasteiger partial charge in [-0.25, -0.2) is 4.99 Å². The van der Waals surface area contributed by atoms with E-state index < -0.39 is 0 Å². The standard InChI is InChI=1S/C31H45N4P/c1-24(29-13-4-5-14-30(29)32-25(2)33-17-6-3-7-18-33)26-11-10-12-27(23-26)31(36)35-21-15-28(16-22-35)34-19-8-9-20-34/h10-12,23,28,36H,1,3-9,13-22H2,2H3. The lowest BCUT2D eigenvalue weighted by molar-refractivity contribution is 0.164. The molecule has 0 aromatic heterocycles. The molecule has 0 N–H and O–H groups in total. The quantitative estimate of drug-likeness (QED) is 0.247. The number of rotatable bonds is 6. The summed E-state index contributed by atoms with van der Waals surface area (Å²) in [7, 11) is 4.04. The molecule has 3 saturated heterocycles. The van der Waals surface area contributed by atoms with Gasteiger partial charge in [-0.1, -0.05) is 24.8 Å².